The molecule has 1 saturated heterocycles. The van der Waals surface area contributed by atoms with Crippen molar-refractivity contribution in [3.05, 3.63) is 35.6 Å². The van der Waals surface area contributed by atoms with E-state index >= 15 is 0 Å². The van der Waals surface area contributed by atoms with Gasteiger partial charge in [0.05, 0.1) is 5.56 Å². The van der Waals surface area contributed by atoms with E-state index in [0.29, 0.717) is 32.6 Å². The topological polar surface area (TPSA) is 52.7 Å². The van der Waals surface area contributed by atoms with Crippen LogP contribution in [0.25, 0.3) is 0 Å². The van der Waals surface area contributed by atoms with Gasteiger partial charge in [0.25, 0.3) is 5.91 Å². The number of hydrogen-bond donors (Lipinski definition) is 1. The normalized spacial score (nSPS) is 19.4. The molecule has 0 spiro atoms. The van der Waals surface area contributed by atoms with E-state index in [1.54, 1.807) is 21.9 Å². The van der Waals surface area contributed by atoms with Gasteiger partial charge in [-0.15, -0.1) is 0 Å². The zero-order valence-electron chi connectivity index (χ0n) is 14.5. The quantitative estimate of drug-likeness (QED) is 0.894. The van der Waals surface area contributed by atoms with Crippen molar-refractivity contribution in [3.63, 3.8) is 0 Å². The van der Waals surface area contributed by atoms with Gasteiger partial charge in [-0.1, -0.05) is 31.4 Å². The fraction of sp³-hybridized carbons (Fsp3) is 0.579. The van der Waals surface area contributed by atoms with Crippen LogP contribution in [0.1, 0.15) is 48.9 Å². The SMILES string of the molecule is O=C(NC1CCCCC1)N1CCCN(C(=O)c2ccccc2F)CC1. The van der Waals surface area contributed by atoms with E-state index in [4.69, 9.17) is 0 Å². The van der Waals surface area contributed by atoms with E-state index in [0.717, 1.165) is 12.8 Å². The summed E-state index contributed by atoms with van der Waals surface area (Å²) in [5.74, 6) is -0.795. The third kappa shape index (κ3) is 4.50. The summed E-state index contributed by atoms with van der Waals surface area (Å²) >= 11 is 0. The zero-order chi connectivity index (χ0) is 17.6. The van der Waals surface area contributed by atoms with Gasteiger partial charge in [-0.25, -0.2) is 9.18 Å². The molecule has 0 radical (unpaired) electrons. The monoisotopic (exact) mass is 347 g/mol. The summed E-state index contributed by atoms with van der Waals surface area (Å²) in [7, 11) is 0. The Hall–Kier alpha value is -2.11. The van der Waals surface area contributed by atoms with Gasteiger partial charge in [-0.05, 0) is 31.4 Å². The second-order valence-electron chi connectivity index (χ2n) is 6.90. The number of rotatable bonds is 2. The number of carbonyl (C=O) groups is 2. The van der Waals surface area contributed by atoms with Crippen LogP contribution in [-0.2, 0) is 0 Å². The fourth-order valence-electron chi connectivity index (χ4n) is 3.64. The van der Waals surface area contributed by atoms with Crippen molar-refractivity contribution in [2.45, 2.75) is 44.6 Å². The summed E-state index contributed by atoms with van der Waals surface area (Å²) in [6.07, 6.45) is 6.42. The number of amides is 3. The first-order valence-corrected chi connectivity index (χ1v) is 9.24. The maximum atomic E-state index is 13.8. The van der Waals surface area contributed by atoms with Crippen LogP contribution < -0.4 is 5.32 Å². The second kappa shape index (κ2) is 8.32. The molecule has 0 aromatic heterocycles. The largest absolute Gasteiger partial charge is 0.337 e. The van der Waals surface area contributed by atoms with Gasteiger partial charge in [-0.3, -0.25) is 4.79 Å². The Morgan fingerprint density at radius 1 is 0.920 bits per heavy atom. The Morgan fingerprint density at radius 2 is 1.60 bits per heavy atom. The van der Waals surface area contributed by atoms with Gasteiger partial charge in [-0.2, -0.15) is 0 Å². The maximum absolute atomic E-state index is 13.8. The van der Waals surface area contributed by atoms with Gasteiger partial charge in [0.1, 0.15) is 5.82 Å². The van der Waals surface area contributed by atoms with Crippen LogP contribution >= 0.6 is 0 Å². The van der Waals surface area contributed by atoms with Gasteiger partial charge < -0.3 is 15.1 Å². The molecule has 136 valence electrons. The highest BCUT2D eigenvalue weighted by Crippen LogP contribution is 2.18. The number of nitrogens with zero attached hydrogens (tertiary/aromatic N) is 2. The third-order valence-electron chi connectivity index (χ3n) is 5.11. The molecule has 1 saturated carbocycles. The summed E-state index contributed by atoms with van der Waals surface area (Å²) in [5, 5.41) is 3.12. The molecular formula is C19H26FN3O2. The second-order valence-corrected chi connectivity index (χ2v) is 6.90. The molecule has 1 aromatic rings. The lowest BCUT2D eigenvalue weighted by atomic mass is 9.96. The van der Waals surface area contributed by atoms with Crippen LogP contribution in [0.3, 0.4) is 0 Å². The molecule has 0 unspecified atom stereocenters. The van der Waals surface area contributed by atoms with E-state index in [-0.39, 0.29) is 23.5 Å². The first-order chi connectivity index (χ1) is 12.1. The highest BCUT2D eigenvalue weighted by Gasteiger charge is 2.25. The number of halogens is 1. The van der Waals surface area contributed by atoms with Crippen molar-refractivity contribution in [1.29, 1.82) is 0 Å². The molecule has 1 N–H and O–H groups in total. The molecular weight excluding hydrogens is 321 g/mol. The van der Waals surface area contributed by atoms with Crippen LogP contribution in [0.5, 0.6) is 0 Å². The van der Waals surface area contributed by atoms with Crippen LogP contribution in [0.4, 0.5) is 9.18 Å². The number of benzene rings is 1. The Kier molecular flexibility index (Phi) is 5.89. The summed E-state index contributed by atoms with van der Waals surface area (Å²) < 4.78 is 13.8. The average molecular weight is 347 g/mol. The Morgan fingerprint density at radius 3 is 2.36 bits per heavy atom. The van der Waals surface area contributed by atoms with Crippen molar-refractivity contribution < 1.29 is 14.0 Å². The molecule has 6 heteroatoms. The lowest BCUT2D eigenvalue weighted by molar-refractivity contribution is 0.0757. The molecule has 1 aromatic carbocycles. The predicted molar refractivity (Wildman–Crippen MR) is 93.9 cm³/mol. The molecule has 25 heavy (non-hydrogen) atoms. The van der Waals surface area contributed by atoms with E-state index in [9.17, 15) is 14.0 Å². The first kappa shape index (κ1) is 17.7. The Bertz CT molecular complexity index is 616. The zero-order valence-corrected chi connectivity index (χ0v) is 14.5. The van der Waals surface area contributed by atoms with Crippen molar-refractivity contribution >= 4 is 11.9 Å². The van der Waals surface area contributed by atoms with Crippen LogP contribution in [0.15, 0.2) is 24.3 Å². The number of hydrogen-bond acceptors (Lipinski definition) is 2. The molecule has 1 aliphatic carbocycles. The third-order valence-corrected chi connectivity index (χ3v) is 5.11. The lowest BCUT2D eigenvalue weighted by Gasteiger charge is -2.27. The smallest absolute Gasteiger partial charge is 0.317 e. The highest BCUT2D eigenvalue weighted by molar-refractivity contribution is 5.94. The summed E-state index contributed by atoms with van der Waals surface area (Å²) in [4.78, 5) is 28.4. The van der Waals surface area contributed by atoms with E-state index in [1.165, 1.54) is 31.4 Å². The van der Waals surface area contributed by atoms with Crippen molar-refractivity contribution in [1.82, 2.24) is 15.1 Å². The van der Waals surface area contributed by atoms with Gasteiger partial charge in [0, 0.05) is 32.2 Å². The highest BCUT2D eigenvalue weighted by atomic mass is 19.1. The fourth-order valence-corrected chi connectivity index (χ4v) is 3.64. The van der Waals surface area contributed by atoms with Gasteiger partial charge in [0.15, 0.2) is 0 Å². The van der Waals surface area contributed by atoms with Crippen molar-refractivity contribution in [3.8, 4) is 0 Å². The molecule has 3 amide bonds. The van der Waals surface area contributed by atoms with E-state index in [1.807, 2.05) is 0 Å². The molecule has 2 aliphatic rings. The molecule has 0 bridgehead atoms. The van der Waals surface area contributed by atoms with Crippen LogP contribution in [-0.4, -0.2) is 54.0 Å². The minimum absolute atomic E-state index is 0.0351. The first-order valence-electron chi connectivity index (χ1n) is 9.24. The lowest BCUT2D eigenvalue weighted by Crippen LogP contribution is -2.47. The predicted octanol–water partition coefficient (Wildman–Crippen LogP) is 3.02. The standard InChI is InChI=1S/C19H26FN3O2/c20-17-10-5-4-9-16(17)18(24)22-11-6-12-23(14-13-22)19(25)21-15-7-2-1-3-8-15/h4-5,9-10,15H,1-3,6-8,11-14H2,(H,21,25). The molecule has 0 atom stereocenters. The van der Waals surface area contributed by atoms with Crippen LogP contribution in [0, 0.1) is 5.82 Å². The molecule has 1 aliphatic heterocycles. The molecule has 5 nitrogen and oxygen atoms in total. The molecule has 1 heterocycles. The Balaban J connectivity index is 1.55. The number of nitrogens with one attached hydrogen (secondary N) is 1. The minimum atomic E-state index is -0.497. The van der Waals surface area contributed by atoms with E-state index < -0.39 is 5.82 Å². The number of urea groups is 1. The maximum Gasteiger partial charge on any atom is 0.317 e. The summed E-state index contributed by atoms with van der Waals surface area (Å²) in [6.45, 7) is 2.09. The van der Waals surface area contributed by atoms with Gasteiger partial charge >= 0.3 is 6.03 Å². The Labute approximate surface area is 148 Å². The molecule has 2 fully saturated rings. The van der Waals surface area contributed by atoms with Gasteiger partial charge in [0.2, 0.25) is 0 Å². The average Bonchev–Trinajstić information content (AvgIpc) is 2.89. The minimum Gasteiger partial charge on any atom is -0.337 e. The van der Waals surface area contributed by atoms with E-state index in [2.05, 4.69) is 5.32 Å². The van der Waals surface area contributed by atoms with Crippen molar-refractivity contribution in [2.75, 3.05) is 26.2 Å². The molecule has 3 rings (SSSR count). The summed E-state index contributed by atoms with van der Waals surface area (Å²) in [5.41, 5.74) is 0.0996. The van der Waals surface area contributed by atoms with Crippen LogP contribution in [0.2, 0.25) is 0 Å². The van der Waals surface area contributed by atoms with Crippen molar-refractivity contribution in [2.24, 2.45) is 0 Å². The summed E-state index contributed by atoms with van der Waals surface area (Å²) in [6, 6.07) is 6.29. The number of carbonyl (C=O) groups excluding carboxylic acids is 2.